The Morgan fingerprint density at radius 1 is 1.19 bits per heavy atom. The van der Waals surface area contributed by atoms with Gasteiger partial charge in [-0.2, -0.15) is 5.26 Å². The molecule has 0 aliphatic rings. The Kier molecular flexibility index (Phi) is 4.81. The van der Waals surface area contributed by atoms with E-state index in [0.29, 0.717) is 10.6 Å². The van der Waals surface area contributed by atoms with Crippen molar-refractivity contribution in [1.29, 1.82) is 5.26 Å². The summed E-state index contributed by atoms with van der Waals surface area (Å²) < 4.78 is 0.999. The number of hydrogen-bond donors (Lipinski definition) is 1. The third kappa shape index (κ3) is 3.52. The Bertz CT molecular complexity index is 1220. The first-order valence-corrected chi connectivity index (χ1v) is 9.41. The Morgan fingerprint density at radius 2 is 2.07 bits per heavy atom. The van der Waals surface area contributed by atoms with E-state index < -0.39 is 0 Å². The average molecular weight is 435 g/mol. The highest BCUT2D eigenvalue weighted by Gasteiger charge is 2.11. The van der Waals surface area contributed by atoms with Crippen molar-refractivity contribution in [2.45, 2.75) is 0 Å². The molecule has 0 fully saturated rings. The molecule has 0 unspecified atom stereocenters. The minimum Gasteiger partial charge on any atom is -0.361 e. The van der Waals surface area contributed by atoms with Gasteiger partial charge in [-0.3, -0.25) is 4.98 Å². The molecule has 0 spiro atoms. The molecule has 2 aromatic heterocycles. The molecule has 27 heavy (non-hydrogen) atoms. The number of hydrogen-bond acceptors (Lipinski definition) is 2. The summed E-state index contributed by atoms with van der Waals surface area (Å²) in [6.45, 7) is 0. The van der Waals surface area contributed by atoms with E-state index in [2.05, 4.69) is 32.0 Å². The van der Waals surface area contributed by atoms with Crippen LogP contribution in [0.4, 0.5) is 0 Å². The van der Waals surface area contributed by atoms with Gasteiger partial charge in [0.25, 0.3) is 0 Å². The molecular formula is C22H13BrClN3. The van der Waals surface area contributed by atoms with Gasteiger partial charge in [0, 0.05) is 50.1 Å². The first-order valence-electron chi connectivity index (χ1n) is 8.24. The van der Waals surface area contributed by atoms with Crippen molar-refractivity contribution in [2.75, 3.05) is 0 Å². The van der Waals surface area contributed by atoms with Crippen LogP contribution in [0, 0.1) is 11.3 Å². The van der Waals surface area contributed by atoms with E-state index in [9.17, 15) is 5.26 Å². The van der Waals surface area contributed by atoms with Crippen LogP contribution in [-0.2, 0) is 0 Å². The van der Waals surface area contributed by atoms with Crippen LogP contribution in [0.3, 0.4) is 0 Å². The topological polar surface area (TPSA) is 52.5 Å². The fourth-order valence-corrected chi connectivity index (χ4v) is 3.65. The van der Waals surface area contributed by atoms with Crippen LogP contribution in [0.1, 0.15) is 11.1 Å². The summed E-state index contributed by atoms with van der Waals surface area (Å²) in [7, 11) is 0. The van der Waals surface area contributed by atoms with Crippen LogP contribution in [0.5, 0.6) is 0 Å². The van der Waals surface area contributed by atoms with Gasteiger partial charge in [0.2, 0.25) is 0 Å². The van der Waals surface area contributed by atoms with Gasteiger partial charge >= 0.3 is 0 Å². The molecule has 0 saturated heterocycles. The molecule has 130 valence electrons. The van der Waals surface area contributed by atoms with Crippen molar-refractivity contribution in [1.82, 2.24) is 9.97 Å². The zero-order chi connectivity index (χ0) is 18.8. The third-order valence-electron chi connectivity index (χ3n) is 4.34. The fraction of sp³-hybridized carbons (Fsp3) is 0. The highest BCUT2D eigenvalue weighted by molar-refractivity contribution is 9.10. The van der Waals surface area contributed by atoms with Crippen LogP contribution in [0.2, 0.25) is 5.02 Å². The van der Waals surface area contributed by atoms with Crippen molar-refractivity contribution in [3.63, 3.8) is 0 Å². The molecule has 0 bridgehead atoms. The van der Waals surface area contributed by atoms with Gasteiger partial charge in [0.1, 0.15) is 0 Å². The minimum atomic E-state index is 0.549. The number of nitriles is 1. The van der Waals surface area contributed by atoms with Gasteiger partial charge < -0.3 is 4.98 Å². The molecule has 5 heteroatoms. The van der Waals surface area contributed by atoms with Gasteiger partial charge in [0.05, 0.1) is 11.6 Å². The molecule has 0 amide bonds. The molecule has 4 aromatic rings. The number of pyridine rings is 1. The van der Waals surface area contributed by atoms with Crippen LogP contribution < -0.4 is 0 Å². The number of nitrogens with one attached hydrogen (secondary N) is 1. The summed E-state index contributed by atoms with van der Waals surface area (Å²) in [6, 6.07) is 17.9. The second kappa shape index (κ2) is 7.40. The molecule has 0 radical (unpaired) electrons. The van der Waals surface area contributed by atoms with E-state index in [0.717, 1.165) is 37.6 Å². The molecule has 4 rings (SSSR count). The third-order valence-corrected chi connectivity index (χ3v) is 5.07. The zero-order valence-corrected chi connectivity index (χ0v) is 16.4. The number of benzene rings is 2. The van der Waals surface area contributed by atoms with Crippen molar-refractivity contribution in [3.05, 3.63) is 87.7 Å². The predicted molar refractivity (Wildman–Crippen MR) is 114 cm³/mol. The van der Waals surface area contributed by atoms with E-state index in [1.54, 1.807) is 12.4 Å². The summed E-state index contributed by atoms with van der Waals surface area (Å²) in [5, 5.41) is 11.4. The lowest BCUT2D eigenvalue weighted by Gasteiger charge is -2.07. The van der Waals surface area contributed by atoms with Crippen molar-refractivity contribution in [3.8, 4) is 17.2 Å². The molecule has 2 heterocycles. The van der Waals surface area contributed by atoms with Crippen molar-refractivity contribution in [2.24, 2.45) is 0 Å². The lowest BCUT2D eigenvalue weighted by Crippen LogP contribution is -1.87. The average Bonchev–Trinajstić information content (AvgIpc) is 3.09. The van der Waals surface area contributed by atoms with Crippen LogP contribution in [0.15, 0.2) is 71.6 Å². The first kappa shape index (κ1) is 17.5. The monoisotopic (exact) mass is 433 g/mol. The fourth-order valence-electron chi connectivity index (χ4n) is 3.08. The molecule has 0 aliphatic heterocycles. The predicted octanol–water partition coefficient (Wildman–Crippen LogP) is 6.71. The van der Waals surface area contributed by atoms with E-state index in [4.69, 9.17) is 11.6 Å². The molecular weight excluding hydrogens is 422 g/mol. The van der Waals surface area contributed by atoms with Crippen LogP contribution in [0.25, 0.3) is 33.7 Å². The molecule has 1 N–H and O–H groups in total. The number of allylic oxidation sites excluding steroid dienone is 1. The molecule has 0 aliphatic carbocycles. The number of rotatable bonds is 3. The number of H-pyrrole nitrogens is 1. The van der Waals surface area contributed by atoms with Gasteiger partial charge in [-0.1, -0.05) is 39.7 Å². The molecule has 0 saturated carbocycles. The maximum atomic E-state index is 9.80. The van der Waals surface area contributed by atoms with Gasteiger partial charge in [-0.25, -0.2) is 0 Å². The molecule has 0 atom stereocenters. The standard InChI is InChI=1S/C22H13BrClN3/c23-17-3-1-2-14(9-17)19-6-7-26-12-16(19)8-15(11-25)21-13-27-22-5-4-18(24)10-20(21)22/h1-10,12-13,27H. The number of nitrogens with zero attached hydrogens (tertiary/aromatic N) is 2. The number of fused-ring (bicyclic) bond motifs is 1. The van der Waals surface area contributed by atoms with Crippen molar-refractivity contribution < 1.29 is 0 Å². The second-order valence-electron chi connectivity index (χ2n) is 6.04. The Morgan fingerprint density at radius 3 is 2.89 bits per heavy atom. The van der Waals surface area contributed by atoms with Gasteiger partial charge in [0.15, 0.2) is 0 Å². The van der Waals surface area contributed by atoms with Gasteiger partial charge in [-0.15, -0.1) is 0 Å². The van der Waals surface area contributed by atoms with E-state index in [1.807, 2.05) is 60.8 Å². The lowest BCUT2D eigenvalue weighted by atomic mass is 9.98. The van der Waals surface area contributed by atoms with Crippen molar-refractivity contribution >= 4 is 50.1 Å². The molecule has 2 aromatic carbocycles. The smallest absolute Gasteiger partial charge is 0.0998 e. The normalized spacial score (nSPS) is 11.5. The highest BCUT2D eigenvalue weighted by Crippen LogP contribution is 2.31. The van der Waals surface area contributed by atoms with E-state index >= 15 is 0 Å². The Balaban J connectivity index is 1.87. The summed E-state index contributed by atoms with van der Waals surface area (Å²) in [5.74, 6) is 0. The van der Waals surface area contributed by atoms with E-state index in [1.165, 1.54) is 0 Å². The largest absolute Gasteiger partial charge is 0.361 e. The van der Waals surface area contributed by atoms with E-state index in [-0.39, 0.29) is 0 Å². The Hall–Kier alpha value is -2.87. The first-order chi connectivity index (χ1) is 13.2. The minimum absolute atomic E-state index is 0.549. The maximum absolute atomic E-state index is 9.80. The van der Waals surface area contributed by atoms with Gasteiger partial charge in [-0.05, 0) is 53.6 Å². The molecule has 3 nitrogen and oxygen atoms in total. The zero-order valence-electron chi connectivity index (χ0n) is 14.1. The quantitative estimate of drug-likeness (QED) is 0.364. The number of aromatic nitrogens is 2. The number of halogens is 2. The maximum Gasteiger partial charge on any atom is 0.0998 e. The summed E-state index contributed by atoms with van der Waals surface area (Å²) >= 11 is 9.66. The summed E-state index contributed by atoms with van der Waals surface area (Å²) in [5.41, 5.74) is 5.25. The number of aromatic amines is 1. The Labute approximate surface area is 170 Å². The highest BCUT2D eigenvalue weighted by atomic mass is 79.9. The van der Waals surface area contributed by atoms with Crippen LogP contribution in [-0.4, -0.2) is 9.97 Å². The van der Waals surface area contributed by atoms with Crippen LogP contribution >= 0.6 is 27.5 Å². The second-order valence-corrected chi connectivity index (χ2v) is 7.39. The summed E-state index contributed by atoms with van der Waals surface area (Å²) in [6.07, 6.45) is 7.23. The summed E-state index contributed by atoms with van der Waals surface area (Å²) in [4.78, 5) is 7.44. The lowest BCUT2D eigenvalue weighted by molar-refractivity contribution is 1.32. The SMILES string of the molecule is N#CC(=Cc1cnccc1-c1cccc(Br)c1)c1c[nH]c2ccc(Cl)cc12.